The lowest BCUT2D eigenvalue weighted by Gasteiger charge is -2.37. The number of ketones is 1. The van der Waals surface area contributed by atoms with Crippen molar-refractivity contribution in [2.45, 2.75) is 18.8 Å². The van der Waals surface area contributed by atoms with Crippen LogP contribution in [0.4, 0.5) is 14.5 Å². The van der Waals surface area contributed by atoms with Gasteiger partial charge in [-0.05, 0) is 47.8 Å². The van der Waals surface area contributed by atoms with Crippen LogP contribution in [0.1, 0.15) is 24.2 Å². The van der Waals surface area contributed by atoms with Gasteiger partial charge < -0.3 is 15.1 Å². The number of alkyl halides is 1. The van der Waals surface area contributed by atoms with Gasteiger partial charge in [-0.25, -0.2) is 8.78 Å². The van der Waals surface area contributed by atoms with Crippen LogP contribution in [0.2, 0.25) is 0 Å². The molecular weight excluding hydrogens is 556 g/mol. The fourth-order valence-corrected chi connectivity index (χ4v) is 4.68. The second-order valence-corrected chi connectivity index (χ2v) is 9.38. The highest BCUT2D eigenvalue weighted by Crippen LogP contribution is 2.25. The topological polar surface area (TPSA) is 69.7 Å². The molecule has 0 radical (unpaired) electrons. The normalized spacial score (nSPS) is 15.3. The van der Waals surface area contributed by atoms with Crippen molar-refractivity contribution >= 4 is 39.2 Å². The summed E-state index contributed by atoms with van der Waals surface area (Å²) < 4.78 is 46.4. The van der Waals surface area contributed by atoms with Gasteiger partial charge >= 0.3 is 0 Å². The van der Waals surface area contributed by atoms with Crippen LogP contribution in [0.15, 0.2) is 72.8 Å². The molecule has 0 aromatic heterocycles. The summed E-state index contributed by atoms with van der Waals surface area (Å²) in [5.74, 6) is -3.07. The van der Waals surface area contributed by atoms with Crippen LogP contribution >= 0.6 is 15.9 Å². The van der Waals surface area contributed by atoms with Crippen molar-refractivity contribution in [1.82, 2.24) is 10.2 Å². The van der Waals surface area contributed by atoms with Crippen molar-refractivity contribution in [1.29, 1.82) is 0 Å². The Morgan fingerprint density at radius 3 is 2.32 bits per heavy atom. The summed E-state index contributed by atoms with van der Waals surface area (Å²) in [6.07, 6.45) is -2.75. The molecule has 1 heterocycles. The Morgan fingerprint density at radius 2 is 1.63 bits per heavy atom. The largest absolute Gasteiger partial charge is 0.368 e. The zero-order valence-electron chi connectivity index (χ0n) is 22.5. The summed E-state index contributed by atoms with van der Waals surface area (Å²) in [5, 5.41) is 2.63. The van der Waals surface area contributed by atoms with Crippen LogP contribution < -0.4 is 10.2 Å². The summed E-state index contributed by atoms with van der Waals surface area (Å²) in [5.41, 5.74) is 0.722. The Kier molecular flexibility index (Phi) is 8.31. The molecule has 3 aromatic carbocycles. The Morgan fingerprint density at radius 1 is 0.947 bits per heavy atom. The van der Waals surface area contributed by atoms with Gasteiger partial charge in [-0.15, -0.1) is 0 Å². The lowest BCUT2D eigenvalue weighted by molar-refractivity contribution is -0.128. The number of rotatable bonds is 9. The number of hydrogen-bond donors (Lipinski definition) is 1. The number of halogens is 3. The van der Waals surface area contributed by atoms with Crippen LogP contribution in [-0.4, -0.2) is 60.0 Å². The van der Waals surface area contributed by atoms with Gasteiger partial charge in [0.1, 0.15) is 11.6 Å². The zero-order chi connectivity index (χ0) is 28.9. The van der Waals surface area contributed by atoms with E-state index in [4.69, 9.17) is 2.74 Å². The third kappa shape index (κ3) is 6.83. The summed E-state index contributed by atoms with van der Waals surface area (Å²) in [6, 6.07) is 15.5. The summed E-state index contributed by atoms with van der Waals surface area (Å²) in [6.45, 7) is 1.83. The molecule has 6 nitrogen and oxygen atoms in total. The van der Waals surface area contributed by atoms with E-state index < -0.39 is 35.7 Å². The monoisotopic (exact) mass is 585 g/mol. The van der Waals surface area contributed by atoms with Crippen molar-refractivity contribution in [2.24, 2.45) is 0 Å². The molecule has 2 amide bonds. The first-order valence-corrected chi connectivity index (χ1v) is 13.2. The van der Waals surface area contributed by atoms with Crippen molar-refractivity contribution in [3.05, 3.63) is 101 Å². The molecule has 1 saturated heterocycles. The minimum atomic E-state index is -2.37. The van der Waals surface area contributed by atoms with Crippen LogP contribution in [0.5, 0.6) is 0 Å². The molecule has 0 spiro atoms. The second kappa shape index (κ2) is 12.8. The van der Waals surface area contributed by atoms with E-state index in [2.05, 4.69) is 21.2 Å². The molecule has 0 aliphatic carbocycles. The van der Waals surface area contributed by atoms with E-state index in [0.29, 0.717) is 37.4 Å². The predicted molar refractivity (Wildman–Crippen MR) is 145 cm³/mol. The highest BCUT2D eigenvalue weighted by molar-refractivity contribution is 9.09. The number of benzene rings is 3. The van der Waals surface area contributed by atoms with Gasteiger partial charge in [-0.1, -0.05) is 58.4 Å². The molecular formula is C29H28BrF2N3O3. The smallest absolute Gasteiger partial charge is 0.254 e. The van der Waals surface area contributed by atoms with Gasteiger partial charge in [0, 0.05) is 41.0 Å². The average molecular weight is 586 g/mol. The molecule has 0 bridgehead atoms. The van der Waals surface area contributed by atoms with Gasteiger partial charge in [0.15, 0.2) is 5.78 Å². The standard InChI is InChI=1S/C29H28BrF2N3O3/c30-19-28(37)35-14-12-34(13-15-35)26-11-10-22(31)17-21(26)18-27(36)25(16-20-6-2-1-3-7-20)33-29(38)23-8-4-5-9-24(23)32/h1-11,17,25H,12-16,18-19H2,(H,33,38)/i16D2. The second-order valence-electron chi connectivity index (χ2n) is 8.81. The highest BCUT2D eigenvalue weighted by atomic mass is 79.9. The molecule has 9 heteroatoms. The average Bonchev–Trinajstić information content (AvgIpc) is 2.96. The molecule has 1 aliphatic heterocycles. The lowest BCUT2D eigenvalue weighted by Crippen LogP contribution is -2.49. The Balaban J connectivity index is 1.63. The van der Waals surface area contributed by atoms with Crippen LogP contribution in [0.3, 0.4) is 0 Å². The van der Waals surface area contributed by atoms with Crippen LogP contribution in [0.25, 0.3) is 0 Å². The zero-order valence-corrected chi connectivity index (χ0v) is 22.1. The number of hydrogen-bond acceptors (Lipinski definition) is 4. The summed E-state index contributed by atoms with van der Waals surface area (Å²) in [7, 11) is 0. The maximum absolute atomic E-state index is 14.4. The fraction of sp³-hybridized carbons (Fsp3) is 0.276. The number of Topliss-reactive ketones (excluding diaryl/α,β-unsaturated/α-hetero) is 1. The third-order valence-corrected chi connectivity index (χ3v) is 6.77. The van der Waals surface area contributed by atoms with Crippen molar-refractivity contribution in [2.75, 3.05) is 36.4 Å². The SMILES string of the molecule is [2H]C([2H])(c1ccccc1)C(NC(=O)c1ccccc1F)C(=O)Cc1cc(F)ccc1N1CCN(C(=O)CBr)CC1. The van der Waals surface area contributed by atoms with Crippen molar-refractivity contribution < 1.29 is 25.9 Å². The summed E-state index contributed by atoms with van der Waals surface area (Å²) >= 11 is 3.17. The molecule has 0 saturated carbocycles. The quantitative estimate of drug-likeness (QED) is 0.383. The number of carbonyl (C=O) groups is 3. The molecule has 1 aliphatic rings. The van der Waals surface area contributed by atoms with Crippen molar-refractivity contribution in [3.8, 4) is 0 Å². The van der Waals surface area contributed by atoms with Gasteiger partial charge in [-0.3, -0.25) is 14.4 Å². The number of amides is 2. The Hall–Kier alpha value is -3.59. The maximum Gasteiger partial charge on any atom is 0.254 e. The molecule has 3 aromatic rings. The van der Waals surface area contributed by atoms with E-state index in [-0.39, 0.29) is 28.8 Å². The van der Waals surface area contributed by atoms with Gasteiger partial charge in [0.2, 0.25) is 5.91 Å². The maximum atomic E-state index is 14.4. The van der Waals surface area contributed by atoms with Gasteiger partial charge in [0.25, 0.3) is 5.91 Å². The number of nitrogens with zero attached hydrogens (tertiary/aromatic N) is 2. The van der Waals surface area contributed by atoms with Gasteiger partial charge in [0.05, 0.1) is 16.9 Å². The molecule has 1 unspecified atom stereocenters. The first kappa shape index (κ1) is 24.7. The van der Waals surface area contributed by atoms with Crippen LogP contribution in [-0.2, 0) is 22.4 Å². The number of piperazine rings is 1. The molecule has 38 heavy (non-hydrogen) atoms. The third-order valence-electron chi connectivity index (χ3n) is 6.29. The fourth-order valence-electron chi connectivity index (χ4n) is 4.33. The molecule has 1 N–H and O–H groups in total. The number of nitrogens with one attached hydrogen (secondary N) is 1. The summed E-state index contributed by atoms with van der Waals surface area (Å²) in [4.78, 5) is 42.5. The first-order chi connectivity index (χ1) is 19.1. The minimum Gasteiger partial charge on any atom is -0.368 e. The van der Waals surface area contributed by atoms with Crippen molar-refractivity contribution in [3.63, 3.8) is 0 Å². The molecule has 1 atom stereocenters. The van der Waals surface area contributed by atoms with E-state index >= 15 is 0 Å². The van der Waals surface area contributed by atoms with Crippen LogP contribution in [0, 0.1) is 11.6 Å². The highest BCUT2D eigenvalue weighted by Gasteiger charge is 2.27. The molecule has 198 valence electrons. The predicted octanol–water partition coefficient (Wildman–Crippen LogP) is 4.16. The number of anilines is 1. The Bertz CT molecular complexity index is 1390. The first-order valence-electron chi connectivity index (χ1n) is 13.1. The number of carbonyl (C=O) groups excluding carboxylic acids is 3. The van der Waals surface area contributed by atoms with E-state index in [1.54, 1.807) is 29.2 Å². The van der Waals surface area contributed by atoms with E-state index in [1.165, 1.54) is 42.5 Å². The molecule has 1 fully saturated rings. The van der Waals surface area contributed by atoms with E-state index in [9.17, 15) is 23.2 Å². The molecule has 4 rings (SSSR count). The lowest BCUT2D eigenvalue weighted by atomic mass is 9.96. The minimum absolute atomic E-state index is 0.0364. The van der Waals surface area contributed by atoms with Gasteiger partial charge in [-0.2, -0.15) is 0 Å². The van der Waals surface area contributed by atoms with E-state index in [1.807, 2.05) is 4.90 Å². The Labute approximate surface area is 231 Å². The van der Waals surface area contributed by atoms with E-state index in [0.717, 1.165) is 6.07 Å².